The Morgan fingerprint density at radius 3 is 3.06 bits per heavy atom. The zero-order chi connectivity index (χ0) is 12.6. The molecule has 0 radical (unpaired) electrons. The van der Waals surface area contributed by atoms with Gasteiger partial charge in [0, 0.05) is 18.2 Å². The quantitative estimate of drug-likeness (QED) is 0.842. The highest BCUT2D eigenvalue weighted by molar-refractivity contribution is 7.90. The van der Waals surface area contributed by atoms with Gasteiger partial charge in [-0.25, -0.2) is 18.4 Å². The Morgan fingerprint density at radius 2 is 2.28 bits per heavy atom. The van der Waals surface area contributed by atoms with Crippen molar-refractivity contribution in [2.45, 2.75) is 30.8 Å². The minimum Gasteiger partial charge on any atom is -0.316 e. The van der Waals surface area contributed by atoms with Crippen LogP contribution in [0.2, 0.25) is 0 Å². The number of nitrogens with one attached hydrogen (secondary N) is 1. The Bertz CT molecular complexity index is 550. The second-order valence-corrected chi connectivity index (χ2v) is 7.27. The molecule has 0 spiro atoms. The summed E-state index contributed by atoms with van der Waals surface area (Å²) in [5, 5.41) is 3.37. The average Bonchev–Trinajstić information content (AvgIpc) is 2.63. The Kier molecular flexibility index (Phi) is 3.07. The van der Waals surface area contributed by atoms with Crippen LogP contribution in [0.15, 0.2) is 6.20 Å². The van der Waals surface area contributed by atoms with E-state index in [0.717, 1.165) is 30.9 Å². The van der Waals surface area contributed by atoms with E-state index in [-0.39, 0.29) is 11.5 Å². The van der Waals surface area contributed by atoms with E-state index in [4.69, 9.17) is 0 Å². The Labute approximate surface area is 107 Å². The molecular weight excluding hydrogens is 250 g/mol. The van der Waals surface area contributed by atoms with Gasteiger partial charge in [0.2, 0.25) is 0 Å². The molecule has 0 aromatic carbocycles. The fourth-order valence-electron chi connectivity index (χ4n) is 2.68. The van der Waals surface area contributed by atoms with Gasteiger partial charge in [-0.15, -0.1) is 0 Å². The monoisotopic (exact) mass is 267 g/mol. The van der Waals surface area contributed by atoms with Gasteiger partial charge in [0.25, 0.3) is 0 Å². The predicted octanol–water partition coefficient (Wildman–Crippen LogP) is 0.447. The Hall–Kier alpha value is -1.01. The number of hydrogen-bond donors (Lipinski definition) is 1. The zero-order valence-electron chi connectivity index (χ0n) is 10.2. The van der Waals surface area contributed by atoms with Crippen molar-refractivity contribution < 1.29 is 8.42 Å². The van der Waals surface area contributed by atoms with Crippen molar-refractivity contribution in [2.75, 3.05) is 13.1 Å². The average molecular weight is 267 g/mol. The number of hydrogen-bond acceptors (Lipinski definition) is 5. The van der Waals surface area contributed by atoms with Crippen molar-refractivity contribution in [3.63, 3.8) is 0 Å². The molecule has 6 heteroatoms. The third-order valence-corrected chi connectivity index (χ3v) is 5.07. The maximum absolute atomic E-state index is 11.5. The fourth-order valence-corrected chi connectivity index (χ4v) is 4.16. The van der Waals surface area contributed by atoms with E-state index >= 15 is 0 Å². The number of nitrogens with zero attached hydrogens (tertiary/aromatic N) is 2. The summed E-state index contributed by atoms with van der Waals surface area (Å²) in [6, 6.07) is 0. The molecule has 2 aliphatic rings. The van der Waals surface area contributed by atoms with Gasteiger partial charge in [-0.1, -0.05) is 0 Å². The van der Waals surface area contributed by atoms with Crippen LogP contribution in [0.3, 0.4) is 0 Å². The highest BCUT2D eigenvalue weighted by atomic mass is 32.2. The summed E-state index contributed by atoms with van der Waals surface area (Å²) < 4.78 is 23.0. The van der Waals surface area contributed by atoms with Crippen molar-refractivity contribution in [1.82, 2.24) is 15.3 Å². The van der Waals surface area contributed by atoms with Gasteiger partial charge in [-0.2, -0.15) is 0 Å². The van der Waals surface area contributed by atoms with Crippen LogP contribution < -0.4 is 5.32 Å². The maximum atomic E-state index is 11.5. The lowest BCUT2D eigenvalue weighted by Gasteiger charge is -2.21. The van der Waals surface area contributed by atoms with Gasteiger partial charge in [0.05, 0.1) is 17.2 Å². The number of rotatable bonds is 2. The van der Waals surface area contributed by atoms with Gasteiger partial charge in [-0.3, -0.25) is 0 Å². The molecule has 3 rings (SSSR count). The molecule has 0 saturated carbocycles. The van der Waals surface area contributed by atoms with E-state index in [1.807, 2.05) is 0 Å². The first-order valence-electron chi connectivity index (χ1n) is 6.37. The normalized spacial score (nSPS) is 25.9. The van der Waals surface area contributed by atoms with Gasteiger partial charge in [0.1, 0.15) is 5.82 Å². The summed E-state index contributed by atoms with van der Waals surface area (Å²) in [5.41, 5.74) is 1.49. The van der Waals surface area contributed by atoms with Gasteiger partial charge in [0.15, 0.2) is 9.84 Å². The number of fused-ring (bicyclic) bond motifs is 1. The summed E-state index contributed by atoms with van der Waals surface area (Å²) in [4.78, 5) is 8.73. The summed E-state index contributed by atoms with van der Waals surface area (Å²) >= 11 is 0. The smallest absolute Gasteiger partial charge is 0.160 e. The molecule has 1 atom stereocenters. The van der Waals surface area contributed by atoms with Gasteiger partial charge >= 0.3 is 0 Å². The molecule has 0 bridgehead atoms. The van der Waals surface area contributed by atoms with Crippen LogP contribution in [0.5, 0.6) is 0 Å². The van der Waals surface area contributed by atoms with Crippen molar-refractivity contribution >= 4 is 9.84 Å². The molecule has 1 fully saturated rings. The standard InChI is InChI=1S/C12H17N3O2S/c16-18(17)7-10-6-14-12(15-11(10)8-18)4-9-2-1-3-13-5-9/h6,9,13H,1-5,7-8H2. The predicted molar refractivity (Wildman–Crippen MR) is 67.7 cm³/mol. The first-order chi connectivity index (χ1) is 8.62. The van der Waals surface area contributed by atoms with Crippen LogP contribution in [0, 0.1) is 5.92 Å². The second kappa shape index (κ2) is 4.59. The molecule has 0 amide bonds. The first kappa shape index (κ1) is 12.0. The highest BCUT2D eigenvalue weighted by Crippen LogP contribution is 2.23. The van der Waals surface area contributed by atoms with Crippen LogP contribution in [0.4, 0.5) is 0 Å². The van der Waals surface area contributed by atoms with E-state index < -0.39 is 9.84 Å². The van der Waals surface area contributed by atoms with Gasteiger partial charge < -0.3 is 5.32 Å². The lowest BCUT2D eigenvalue weighted by molar-refractivity contribution is 0.370. The summed E-state index contributed by atoms with van der Waals surface area (Å²) in [6.07, 6.45) is 4.94. The minimum absolute atomic E-state index is 0.0841. The molecule has 1 saturated heterocycles. The molecular formula is C12H17N3O2S. The Balaban J connectivity index is 1.75. The molecule has 1 aromatic rings. The molecule has 18 heavy (non-hydrogen) atoms. The van der Waals surface area contributed by atoms with E-state index in [0.29, 0.717) is 11.6 Å². The molecule has 1 unspecified atom stereocenters. The molecule has 5 nitrogen and oxygen atoms in total. The minimum atomic E-state index is -2.97. The van der Waals surface area contributed by atoms with E-state index in [1.54, 1.807) is 6.20 Å². The third-order valence-electron chi connectivity index (χ3n) is 3.61. The number of sulfone groups is 1. The Morgan fingerprint density at radius 1 is 1.39 bits per heavy atom. The molecule has 0 aliphatic carbocycles. The molecule has 1 N–H and O–H groups in total. The molecule has 3 heterocycles. The van der Waals surface area contributed by atoms with Crippen LogP contribution in [0.25, 0.3) is 0 Å². The maximum Gasteiger partial charge on any atom is 0.160 e. The largest absolute Gasteiger partial charge is 0.316 e. The van der Waals surface area contributed by atoms with Crippen molar-refractivity contribution in [1.29, 1.82) is 0 Å². The van der Waals surface area contributed by atoms with E-state index in [2.05, 4.69) is 15.3 Å². The summed E-state index contributed by atoms with van der Waals surface area (Å²) in [6.45, 7) is 2.11. The van der Waals surface area contributed by atoms with Gasteiger partial charge in [-0.05, 0) is 31.8 Å². The fraction of sp³-hybridized carbons (Fsp3) is 0.667. The summed E-state index contributed by atoms with van der Waals surface area (Å²) in [5.74, 6) is 1.56. The molecule has 1 aromatic heterocycles. The van der Waals surface area contributed by atoms with Crippen molar-refractivity contribution in [2.24, 2.45) is 5.92 Å². The van der Waals surface area contributed by atoms with E-state index in [1.165, 1.54) is 12.8 Å². The molecule has 2 aliphatic heterocycles. The third kappa shape index (κ3) is 2.54. The lowest BCUT2D eigenvalue weighted by Crippen LogP contribution is -2.31. The highest BCUT2D eigenvalue weighted by Gasteiger charge is 2.27. The van der Waals surface area contributed by atoms with E-state index in [9.17, 15) is 8.42 Å². The van der Waals surface area contributed by atoms with Crippen molar-refractivity contribution in [3.8, 4) is 0 Å². The number of aromatic nitrogens is 2. The van der Waals surface area contributed by atoms with Crippen LogP contribution in [0.1, 0.15) is 29.9 Å². The zero-order valence-corrected chi connectivity index (χ0v) is 11.0. The number of piperidine rings is 1. The van der Waals surface area contributed by atoms with Crippen LogP contribution in [-0.2, 0) is 27.8 Å². The SMILES string of the molecule is O=S1(=O)Cc2cnc(CC3CCCNC3)nc2C1. The topological polar surface area (TPSA) is 72.0 Å². The lowest BCUT2D eigenvalue weighted by atomic mass is 9.96. The van der Waals surface area contributed by atoms with Crippen LogP contribution in [-0.4, -0.2) is 31.5 Å². The first-order valence-corrected chi connectivity index (χ1v) is 8.19. The van der Waals surface area contributed by atoms with Crippen LogP contribution >= 0.6 is 0 Å². The summed E-state index contributed by atoms with van der Waals surface area (Å²) in [7, 11) is -2.97. The second-order valence-electron chi connectivity index (χ2n) is 5.21. The molecule has 98 valence electrons. The van der Waals surface area contributed by atoms with Crippen molar-refractivity contribution in [3.05, 3.63) is 23.3 Å².